The highest BCUT2D eigenvalue weighted by molar-refractivity contribution is 6.04. The summed E-state index contributed by atoms with van der Waals surface area (Å²) < 4.78 is 0. The fourth-order valence-corrected chi connectivity index (χ4v) is 2.20. The van der Waals surface area contributed by atoms with Crippen LogP contribution in [0.25, 0.3) is 10.9 Å². The van der Waals surface area contributed by atoms with Crippen molar-refractivity contribution in [3.05, 3.63) is 65.6 Å². The second-order valence-corrected chi connectivity index (χ2v) is 5.00. The number of carbonyl (C=O) groups excluding carboxylic acids is 2. The predicted octanol–water partition coefficient (Wildman–Crippen LogP) is 2.53. The van der Waals surface area contributed by atoms with Crippen molar-refractivity contribution in [2.24, 2.45) is 5.10 Å². The van der Waals surface area contributed by atoms with E-state index < -0.39 is 0 Å². The summed E-state index contributed by atoms with van der Waals surface area (Å²) in [6.07, 6.45) is 6.40. The molecule has 0 fully saturated rings. The molecule has 0 spiro atoms. The average molecular weight is 306 g/mol. The van der Waals surface area contributed by atoms with Gasteiger partial charge in [0, 0.05) is 46.2 Å². The Bertz CT molecular complexity index is 897. The predicted molar refractivity (Wildman–Crippen MR) is 87.6 cm³/mol. The number of amides is 1. The zero-order chi connectivity index (χ0) is 16.2. The monoisotopic (exact) mass is 306 g/mol. The molecule has 1 aromatic carbocycles. The first-order valence-electron chi connectivity index (χ1n) is 7.00. The van der Waals surface area contributed by atoms with Crippen LogP contribution in [0.1, 0.15) is 33.2 Å². The molecule has 0 aliphatic rings. The van der Waals surface area contributed by atoms with E-state index in [9.17, 15) is 9.59 Å². The van der Waals surface area contributed by atoms with Crippen LogP contribution in [0.2, 0.25) is 0 Å². The first-order chi connectivity index (χ1) is 11.1. The van der Waals surface area contributed by atoms with Crippen LogP contribution in [-0.2, 0) is 0 Å². The molecule has 0 radical (unpaired) electrons. The van der Waals surface area contributed by atoms with Crippen molar-refractivity contribution in [3.8, 4) is 0 Å². The van der Waals surface area contributed by atoms with E-state index in [2.05, 4.69) is 20.5 Å². The van der Waals surface area contributed by atoms with Gasteiger partial charge in [-0.2, -0.15) is 5.10 Å². The maximum atomic E-state index is 11.9. The van der Waals surface area contributed by atoms with E-state index in [1.165, 1.54) is 6.92 Å². The normalized spacial score (nSPS) is 11.0. The van der Waals surface area contributed by atoms with E-state index in [1.807, 2.05) is 6.07 Å². The van der Waals surface area contributed by atoms with Gasteiger partial charge in [0.15, 0.2) is 5.78 Å². The van der Waals surface area contributed by atoms with Crippen molar-refractivity contribution in [2.45, 2.75) is 6.92 Å². The van der Waals surface area contributed by atoms with Gasteiger partial charge in [0.2, 0.25) is 0 Å². The number of ketones is 1. The Balaban J connectivity index is 1.80. The van der Waals surface area contributed by atoms with Crippen LogP contribution < -0.4 is 5.43 Å². The lowest BCUT2D eigenvalue weighted by molar-refractivity contribution is 0.0954. The molecule has 23 heavy (non-hydrogen) atoms. The maximum absolute atomic E-state index is 11.9. The number of hydrazone groups is 1. The van der Waals surface area contributed by atoms with Crippen LogP contribution in [0.4, 0.5) is 0 Å². The quantitative estimate of drug-likeness (QED) is 0.441. The number of nitrogens with zero attached hydrogens (tertiary/aromatic N) is 2. The third-order valence-corrected chi connectivity index (χ3v) is 3.43. The van der Waals surface area contributed by atoms with Crippen molar-refractivity contribution in [3.63, 3.8) is 0 Å². The van der Waals surface area contributed by atoms with Crippen LogP contribution in [0.15, 0.2) is 54.0 Å². The molecular formula is C17H14N4O2. The van der Waals surface area contributed by atoms with Gasteiger partial charge in [-0.3, -0.25) is 14.6 Å². The van der Waals surface area contributed by atoms with Crippen molar-refractivity contribution < 1.29 is 9.59 Å². The molecule has 0 bridgehead atoms. The molecule has 0 aliphatic heterocycles. The largest absolute Gasteiger partial charge is 0.361 e. The molecule has 6 heteroatoms. The summed E-state index contributed by atoms with van der Waals surface area (Å²) in [5, 5.41) is 4.84. The standard InChI is InChI=1S/C17H14N4O2/c1-11(22)13-2-3-16-15(8-13)14(9-19-16)10-20-21-17(23)12-4-6-18-7-5-12/h2-10,19H,1H3,(H,21,23)/b20-10-. The number of H-pyrrole nitrogens is 1. The molecule has 3 rings (SSSR count). The molecule has 6 nitrogen and oxygen atoms in total. The summed E-state index contributed by atoms with van der Waals surface area (Å²) in [5.74, 6) is -0.310. The van der Waals surface area contributed by atoms with Crippen LogP contribution in [0.3, 0.4) is 0 Å². The van der Waals surface area contributed by atoms with E-state index >= 15 is 0 Å². The van der Waals surface area contributed by atoms with Crippen molar-refractivity contribution in [1.29, 1.82) is 0 Å². The number of nitrogens with one attached hydrogen (secondary N) is 2. The van der Waals surface area contributed by atoms with E-state index in [4.69, 9.17) is 0 Å². The van der Waals surface area contributed by atoms with Crippen LogP contribution >= 0.6 is 0 Å². The van der Waals surface area contributed by atoms with Crippen molar-refractivity contribution in [1.82, 2.24) is 15.4 Å². The van der Waals surface area contributed by atoms with E-state index in [0.717, 1.165) is 16.5 Å². The summed E-state index contributed by atoms with van der Waals surface area (Å²) >= 11 is 0. The van der Waals surface area contributed by atoms with Gasteiger partial charge in [0.25, 0.3) is 5.91 Å². The highest BCUT2D eigenvalue weighted by atomic mass is 16.2. The number of fused-ring (bicyclic) bond motifs is 1. The molecule has 0 aliphatic carbocycles. The van der Waals surface area contributed by atoms with Gasteiger partial charge in [0.1, 0.15) is 0 Å². The minimum absolute atomic E-state index is 0.00183. The van der Waals surface area contributed by atoms with Gasteiger partial charge >= 0.3 is 0 Å². The minimum atomic E-state index is -0.312. The molecule has 2 heterocycles. The zero-order valence-corrected chi connectivity index (χ0v) is 12.4. The Morgan fingerprint density at radius 2 is 1.96 bits per heavy atom. The second kappa shape index (κ2) is 6.23. The van der Waals surface area contributed by atoms with Gasteiger partial charge in [0.05, 0.1) is 6.21 Å². The van der Waals surface area contributed by atoms with E-state index in [1.54, 1.807) is 49.1 Å². The first kappa shape index (κ1) is 14.6. The molecular weight excluding hydrogens is 292 g/mol. The molecule has 1 amide bonds. The summed E-state index contributed by atoms with van der Waals surface area (Å²) in [4.78, 5) is 30.3. The molecule has 114 valence electrons. The minimum Gasteiger partial charge on any atom is -0.361 e. The lowest BCUT2D eigenvalue weighted by Gasteiger charge is -1.99. The Morgan fingerprint density at radius 1 is 1.17 bits per heavy atom. The average Bonchev–Trinajstić information content (AvgIpc) is 2.98. The molecule has 0 atom stereocenters. The summed E-state index contributed by atoms with van der Waals surface area (Å²) in [6, 6.07) is 8.64. The third-order valence-electron chi connectivity index (χ3n) is 3.43. The summed E-state index contributed by atoms with van der Waals surface area (Å²) in [7, 11) is 0. The zero-order valence-electron chi connectivity index (χ0n) is 12.4. The highest BCUT2D eigenvalue weighted by Gasteiger charge is 2.06. The van der Waals surface area contributed by atoms with Gasteiger partial charge in [-0.25, -0.2) is 5.43 Å². The molecule has 0 saturated heterocycles. The number of aromatic amines is 1. The number of carbonyl (C=O) groups is 2. The Hall–Kier alpha value is -3.28. The number of Topliss-reactive ketones (excluding diaryl/α,β-unsaturated/α-hetero) is 1. The lowest BCUT2D eigenvalue weighted by Crippen LogP contribution is -2.17. The fraction of sp³-hybridized carbons (Fsp3) is 0.0588. The van der Waals surface area contributed by atoms with E-state index in [0.29, 0.717) is 11.1 Å². The summed E-state index contributed by atoms with van der Waals surface area (Å²) in [6.45, 7) is 1.52. The Kier molecular flexibility index (Phi) is 3.97. The molecule has 2 aromatic heterocycles. The fourth-order valence-electron chi connectivity index (χ4n) is 2.20. The van der Waals surface area contributed by atoms with Crippen molar-refractivity contribution >= 4 is 28.8 Å². The number of benzene rings is 1. The maximum Gasteiger partial charge on any atom is 0.271 e. The molecule has 2 N–H and O–H groups in total. The smallest absolute Gasteiger partial charge is 0.271 e. The van der Waals surface area contributed by atoms with Gasteiger partial charge < -0.3 is 4.98 Å². The third kappa shape index (κ3) is 3.16. The number of hydrogen-bond acceptors (Lipinski definition) is 4. The second-order valence-electron chi connectivity index (χ2n) is 5.00. The van der Waals surface area contributed by atoms with Gasteiger partial charge in [-0.1, -0.05) is 0 Å². The van der Waals surface area contributed by atoms with Crippen LogP contribution in [0.5, 0.6) is 0 Å². The Morgan fingerprint density at radius 3 is 2.70 bits per heavy atom. The number of hydrogen-bond donors (Lipinski definition) is 2. The van der Waals surface area contributed by atoms with Crippen LogP contribution in [0, 0.1) is 0 Å². The van der Waals surface area contributed by atoms with Crippen molar-refractivity contribution in [2.75, 3.05) is 0 Å². The SMILES string of the molecule is CC(=O)c1ccc2[nH]cc(/C=N\NC(=O)c3ccncc3)c2c1. The number of aromatic nitrogens is 2. The van der Waals surface area contributed by atoms with Gasteiger partial charge in [-0.15, -0.1) is 0 Å². The first-order valence-corrected chi connectivity index (χ1v) is 7.00. The molecule has 0 saturated carbocycles. The lowest BCUT2D eigenvalue weighted by atomic mass is 10.1. The summed E-state index contributed by atoms with van der Waals surface area (Å²) in [5.41, 5.74) is 5.26. The van der Waals surface area contributed by atoms with E-state index in [-0.39, 0.29) is 11.7 Å². The number of pyridine rings is 1. The molecule has 3 aromatic rings. The topological polar surface area (TPSA) is 87.2 Å². The highest BCUT2D eigenvalue weighted by Crippen LogP contribution is 2.18. The Labute approximate surface area is 132 Å². The number of rotatable bonds is 4. The van der Waals surface area contributed by atoms with Crippen LogP contribution in [-0.4, -0.2) is 27.9 Å². The van der Waals surface area contributed by atoms with Gasteiger partial charge in [-0.05, 0) is 37.3 Å². The molecule has 0 unspecified atom stereocenters.